The first-order chi connectivity index (χ1) is 15.3. The van der Waals surface area contributed by atoms with Gasteiger partial charge in [0.15, 0.2) is 0 Å². The molecule has 0 spiro atoms. The third-order valence-corrected chi connectivity index (χ3v) is 9.25. The molecule has 4 atom stereocenters. The number of aryl methyl sites for hydroxylation is 1. The van der Waals surface area contributed by atoms with E-state index in [1.165, 1.54) is 4.31 Å². The van der Waals surface area contributed by atoms with Crippen LogP contribution in [0.25, 0.3) is 0 Å². The maximum atomic E-state index is 12.8. The number of carbonyl (C=O) groups is 3. The molecule has 2 aliphatic heterocycles. The Morgan fingerprint density at radius 1 is 1.00 bits per heavy atom. The van der Waals surface area contributed by atoms with Gasteiger partial charge in [0.05, 0.1) is 16.7 Å². The standard InChI is InChI=1S/C23H27N3O5S/c1-14-2-6-18(7-3-14)32(30,31)25-10-8-17(9-11-25)24-19(27)13-26-22(28)20-15-4-5-16(12-15)21(20)23(26)29/h2-7,15-17,20-21H,8-13H2,1H3,(H,24,27)/t15-,16-,20-,21-/m0/s1. The number of nitrogens with one attached hydrogen (secondary N) is 1. The maximum absolute atomic E-state index is 12.8. The van der Waals surface area contributed by atoms with Gasteiger partial charge in [-0.15, -0.1) is 0 Å². The summed E-state index contributed by atoms with van der Waals surface area (Å²) in [5.41, 5.74) is 0.993. The molecule has 2 bridgehead atoms. The number of likely N-dealkylation sites (tertiary alicyclic amines) is 1. The van der Waals surface area contributed by atoms with E-state index in [0.717, 1.165) is 16.9 Å². The van der Waals surface area contributed by atoms with Gasteiger partial charge >= 0.3 is 0 Å². The lowest BCUT2D eigenvalue weighted by Gasteiger charge is -2.32. The number of allylic oxidation sites excluding steroid dienone is 2. The van der Waals surface area contributed by atoms with E-state index >= 15 is 0 Å². The van der Waals surface area contributed by atoms with Gasteiger partial charge in [0.1, 0.15) is 6.54 Å². The third kappa shape index (κ3) is 3.47. The number of piperidine rings is 1. The first-order valence-electron chi connectivity index (χ1n) is 11.2. The van der Waals surface area contributed by atoms with Crippen LogP contribution in [0.2, 0.25) is 0 Å². The molecule has 1 N–H and O–H groups in total. The molecule has 8 nitrogen and oxygen atoms in total. The number of sulfonamides is 1. The summed E-state index contributed by atoms with van der Waals surface area (Å²) in [7, 11) is -3.56. The Hall–Kier alpha value is -2.52. The van der Waals surface area contributed by atoms with Gasteiger partial charge in [0.25, 0.3) is 0 Å². The first-order valence-corrected chi connectivity index (χ1v) is 12.6. The highest BCUT2D eigenvalue weighted by Crippen LogP contribution is 2.52. The molecule has 2 saturated heterocycles. The molecule has 3 amide bonds. The topological polar surface area (TPSA) is 104 Å². The molecule has 0 unspecified atom stereocenters. The molecular formula is C23H27N3O5S. The minimum Gasteiger partial charge on any atom is -0.352 e. The molecular weight excluding hydrogens is 430 g/mol. The summed E-state index contributed by atoms with van der Waals surface area (Å²) >= 11 is 0. The van der Waals surface area contributed by atoms with Crippen molar-refractivity contribution < 1.29 is 22.8 Å². The summed E-state index contributed by atoms with van der Waals surface area (Å²) in [4.78, 5) is 39.5. The highest BCUT2D eigenvalue weighted by atomic mass is 32.2. The highest BCUT2D eigenvalue weighted by molar-refractivity contribution is 7.89. The fourth-order valence-corrected chi connectivity index (χ4v) is 7.11. The molecule has 3 fully saturated rings. The van der Waals surface area contributed by atoms with E-state index in [1.807, 2.05) is 19.1 Å². The fourth-order valence-electron chi connectivity index (χ4n) is 5.64. The molecule has 2 aliphatic carbocycles. The predicted octanol–water partition coefficient (Wildman–Crippen LogP) is 1.07. The second-order valence-corrected chi connectivity index (χ2v) is 11.3. The number of rotatable bonds is 5. The zero-order valence-electron chi connectivity index (χ0n) is 17.9. The van der Waals surface area contributed by atoms with Gasteiger partial charge in [-0.1, -0.05) is 29.8 Å². The summed E-state index contributed by atoms with van der Waals surface area (Å²) in [6.07, 6.45) is 5.88. The third-order valence-electron chi connectivity index (χ3n) is 7.34. The van der Waals surface area contributed by atoms with Crippen molar-refractivity contribution in [2.75, 3.05) is 19.6 Å². The minimum absolute atomic E-state index is 0.120. The zero-order chi connectivity index (χ0) is 22.6. The largest absolute Gasteiger partial charge is 0.352 e. The Balaban J connectivity index is 1.15. The number of nitrogens with zero attached hydrogens (tertiary/aromatic N) is 2. The highest BCUT2D eigenvalue weighted by Gasteiger charge is 2.59. The maximum Gasteiger partial charge on any atom is 0.243 e. The number of amides is 3. The number of benzene rings is 1. The minimum atomic E-state index is -3.56. The van der Waals surface area contributed by atoms with Crippen LogP contribution in [0, 0.1) is 30.6 Å². The number of imide groups is 1. The molecule has 0 aromatic heterocycles. The Labute approximate surface area is 187 Å². The zero-order valence-corrected chi connectivity index (χ0v) is 18.8. The van der Waals surface area contributed by atoms with E-state index in [0.29, 0.717) is 25.9 Å². The Bertz CT molecular complexity index is 1060. The number of fused-ring (bicyclic) bond motifs is 5. The molecule has 9 heteroatoms. The van der Waals surface area contributed by atoms with Crippen molar-refractivity contribution in [1.82, 2.24) is 14.5 Å². The van der Waals surface area contributed by atoms with Gasteiger partial charge < -0.3 is 5.32 Å². The van der Waals surface area contributed by atoms with Gasteiger partial charge in [0, 0.05) is 19.1 Å². The molecule has 0 radical (unpaired) electrons. The van der Waals surface area contributed by atoms with Crippen LogP contribution in [0.5, 0.6) is 0 Å². The fraction of sp³-hybridized carbons (Fsp3) is 0.522. The molecule has 170 valence electrons. The molecule has 1 aromatic rings. The quantitative estimate of drug-likeness (QED) is 0.526. The van der Waals surface area contributed by atoms with Crippen molar-refractivity contribution >= 4 is 27.7 Å². The Kier molecular flexibility index (Phi) is 5.21. The Morgan fingerprint density at radius 3 is 2.12 bits per heavy atom. The van der Waals surface area contributed by atoms with Crippen molar-refractivity contribution in [3.8, 4) is 0 Å². The lowest BCUT2D eigenvalue weighted by Crippen LogP contribution is -2.49. The van der Waals surface area contributed by atoms with Gasteiger partial charge in [-0.05, 0) is 50.2 Å². The molecule has 5 rings (SSSR count). The van der Waals surface area contributed by atoms with Gasteiger partial charge in [-0.3, -0.25) is 19.3 Å². The summed E-state index contributed by atoms with van der Waals surface area (Å²) in [6.45, 7) is 2.26. The van der Waals surface area contributed by atoms with Gasteiger partial charge in [-0.2, -0.15) is 4.31 Å². The molecule has 32 heavy (non-hydrogen) atoms. The molecule has 4 aliphatic rings. The predicted molar refractivity (Wildman–Crippen MR) is 116 cm³/mol. The van der Waals surface area contributed by atoms with Crippen molar-refractivity contribution in [3.63, 3.8) is 0 Å². The van der Waals surface area contributed by atoms with E-state index in [9.17, 15) is 22.8 Å². The number of carbonyl (C=O) groups excluding carboxylic acids is 3. The molecule has 1 saturated carbocycles. The first kappa shape index (κ1) is 21.3. The summed E-state index contributed by atoms with van der Waals surface area (Å²) in [6, 6.07) is 6.59. The Morgan fingerprint density at radius 2 is 1.56 bits per heavy atom. The normalized spacial score (nSPS) is 30.2. The smallest absolute Gasteiger partial charge is 0.243 e. The van der Waals surface area contributed by atoms with Crippen LogP contribution in [-0.4, -0.2) is 61.0 Å². The van der Waals surface area contributed by atoms with Crippen molar-refractivity contribution in [1.29, 1.82) is 0 Å². The second kappa shape index (κ2) is 7.81. The average Bonchev–Trinajstić information content (AvgIpc) is 3.45. The van der Waals surface area contributed by atoms with Crippen LogP contribution in [0.3, 0.4) is 0 Å². The van der Waals surface area contributed by atoms with E-state index in [-0.39, 0.29) is 58.9 Å². The van der Waals surface area contributed by atoms with Crippen LogP contribution >= 0.6 is 0 Å². The van der Waals surface area contributed by atoms with Crippen LogP contribution in [-0.2, 0) is 24.4 Å². The van der Waals surface area contributed by atoms with Crippen molar-refractivity contribution in [2.24, 2.45) is 23.7 Å². The van der Waals surface area contributed by atoms with Crippen molar-refractivity contribution in [2.45, 2.75) is 37.1 Å². The summed E-state index contributed by atoms with van der Waals surface area (Å²) in [5.74, 6) is -1.20. The SMILES string of the molecule is Cc1ccc(S(=O)(=O)N2CCC(NC(=O)CN3C(=O)[C@@H]4[C@@H](C3=O)[C@H]3C=C[C@H]4C3)CC2)cc1. The molecule has 2 heterocycles. The number of hydrogen-bond donors (Lipinski definition) is 1. The van der Waals surface area contributed by atoms with Gasteiger partial charge in [-0.25, -0.2) is 8.42 Å². The van der Waals surface area contributed by atoms with Crippen molar-refractivity contribution in [3.05, 3.63) is 42.0 Å². The van der Waals surface area contributed by atoms with E-state index in [4.69, 9.17) is 0 Å². The average molecular weight is 458 g/mol. The van der Waals surface area contributed by atoms with E-state index in [2.05, 4.69) is 5.32 Å². The summed E-state index contributed by atoms with van der Waals surface area (Å²) in [5, 5.41) is 2.89. The number of hydrogen-bond acceptors (Lipinski definition) is 5. The molecule has 1 aromatic carbocycles. The van der Waals surface area contributed by atoms with Crippen LogP contribution in [0.15, 0.2) is 41.3 Å². The lowest BCUT2D eigenvalue weighted by atomic mass is 9.85. The van der Waals surface area contributed by atoms with Crippen LogP contribution in [0.4, 0.5) is 0 Å². The van der Waals surface area contributed by atoms with Gasteiger partial charge in [0.2, 0.25) is 27.7 Å². The van der Waals surface area contributed by atoms with E-state index in [1.54, 1.807) is 24.3 Å². The summed E-state index contributed by atoms with van der Waals surface area (Å²) < 4.78 is 27.1. The second-order valence-electron chi connectivity index (χ2n) is 9.32. The monoisotopic (exact) mass is 457 g/mol. The van der Waals surface area contributed by atoms with Crippen LogP contribution < -0.4 is 5.32 Å². The van der Waals surface area contributed by atoms with E-state index < -0.39 is 10.0 Å². The van der Waals surface area contributed by atoms with Crippen LogP contribution in [0.1, 0.15) is 24.8 Å². The lowest BCUT2D eigenvalue weighted by molar-refractivity contribution is -0.144.